The second kappa shape index (κ2) is 10.7. The van der Waals surface area contributed by atoms with Gasteiger partial charge in [-0.05, 0) is 37.7 Å². The van der Waals surface area contributed by atoms with E-state index in [1.807, 2.05) is 0 Å². The molecule has 1 aliphatic heterocycles. The summed E-state index contributed by atoms with van der Waals surface area (Å²) in [6.45, 7) is 0. The van der Waals surface area contributed by atoms with Crippen LogP contribution in [0.4, 0.5) is 0 Å². The van der Waals surface area contributed by atoms with E-state index in [0.29, 0.717) is 0 Å². The summed E-state index contributed by atoms with van der Waals surface area (Å²) in [6.07, 6.45) is 25.4. The Morgan fingerprint density at radius 3 is 1.77 bits per heavy atom. The Morgan fingerprint density at radius 2 is 1.12 bits per heavy atom. The van der Waals surface area contributed by atoms with E-state index < -0.39 is 5.79 Å². The predicted octanol–water partition coefficient (Wildman–Crippen LogP) is 7.40. The third-order valence-corrected chi connectivity index (χ3v) is 7.00. The molecule has 0 aromatic heterocycles. The van der Waals surface area contributed by atoms with Crippen LogP contribution in [0.1, 0.15) is 128 Å². The summed E-state index contributed by atoms with van der Waals surface area (Å²) in [4.78, 5) is 0. The number of hydrogen-bond donors (Lipinski definition) is 1. The Bertz CT molecular complexity index is 441. The highest BCUT2D eigenvalue weighted by atomic mass is 16.6. The van der Waals surface area contributed by atoms with Crippen LogP contribution in [0, 0.1) is 5.92 Å². The lowest BCUT2D eigenvalue weighted by molar-refractivity contribution is -0.195. The van der Waals surface area contributed by atoms with Gasteiger partial charge in [0, 0.05) is 18.8 Å². The van der Waals surface area contributed by atoms with E-state index in [9.17, 15) is 5.11 Å². The molecule has 0 amide bonds. The highest BCUT2D eigenvalue weighted by molar-refractivity contribution is 5.22. The average Bonchev–Trinajstić information content (AvgIpc) is 2.87. The smallest absolute Gasteiger partial charge is 0.214 e. The molecule has 0 aromatic carbocycles. The summed E-state index contributed by atoms with van der Waals surface area (Å²) in [5.74, 6) is 0.595. The first-order valence-electron chi connectivity index (χ1n) is 11.9. The molecule has 150 valence electrons. The zero-order valence-corrected chi connectivity index (χ0v) is 17.1. The van der Waals surface area contributed by atoms with E-state index in [2.05, 4.69) is 0 Å². The van der Waals surface area contributed by atoms with Gasteiger partial charge in [-0.1, -0.05) is 83.5 Å². The molecule has 2 aliphatic carbocycles. The highest BCUT2D eigenvalue weighted by Crippen LogP contribution is 2.47. The van der Waals surface area contributed by atoms with Gasteiger partial charge in [0.2, 0.25) is 5.79 Å². The summed E-state index contributed by atoms with van der Waals surface area (Å²) >= 11 is 0. The van der Waals surface area contributed by atoms with Gasteiger partial charge in [-0.2, -0.15) is 0 Å². The monoisotopic (exact) mass is 362 g/mol. The molecule has 1 fully saturated rings. The first-order valence-corrected chi connectivity index (χ1v) is 11.9. The zero-order chi connectivity index (χ0) is 18.1. The van der Waals surface area contributed by atoms with Crippen LogP contribution in [-0.2, 0) is 4.74 Å². The lowest BCUT2D eigenvalue weighted by Gasteiger charge is -2.31. The lowest BCUT2D eigenvalue weighted by Crippen LogP contribution is -2.37. The molecule has 26 heavy (non-hydrogen) atoms. The fourth-order valence-electron chi connectivity index (χ4n) is 5.42. The molecular weight excluding hydrogens is 320 g/mol. The molecule has 0 bridgehead atoms. The Morgan fingerprint density at radius 1 is 0.615 bits per heavy atom. The molecule has 1 saturated carbocycles. The van der Waals surface area contributed by atoms with E-state index in [4.69, 9.17) is 4.74 Å². The molecule has 2 unspecified atom stereocenters. The SMILES string of the molecule is OC12CCCCCCCCCCC1C1=C(CCCCCCCCCC1)O2. The molecule has 3 rings (SSSR count). The Balaban J connectivity index is 1.72. The van der Waals surface area contributed by atoms with E-state index in [-0.39, 0.29) is 5.92 Å². The maximum absolute atomic E-state index is 11.5. The maximum atomic E-state index is 11.5. The second-order valence-electron chi connectivity index (χ2n) is 9.14. The quantitative estimate of drug-likeness (QED) is 0.486. The minimum Gasteiger partial charge on any atom is -0.466 e. The van der Waals surface area contributed by atoms with Crippen LogP contribution in [0.15, 0.2) is 11.3 Å². The number of allylic oxidation sites excluding steroid dienone is 1. The molecule has 0 saturated heterocycles. The molecular formula is C24H42O2. The van der Waals surface area contributed by atoms with Gasteiger partial charge >= 0.3 is 0 Å². The van der Waals surface area contributed by atoms with Crippen molar-refractivity contribution in [3.05, 3.63) is 11.3 Å². The van der Waals surface area contributed by atoms with Crippen molar-refractivity contribution >= 4 is 0 Å². The van der Waals surface area contributed by atoms with Gasteiger partial charge in [-0.25, -0.2) is 0 Å². The fraction of sp³-hybridized carbons (Fsp3) is 0.917. The van der Waals surface area contributed by atoms with Crippen LogP contribution in [0.25, 0.3) is 0 Å². The van der Waals surface area contributed by atoms with Gasteiger partial charge in [-0.15, -0.1) is 0 Å². The molecule has 2 atom stereocenters. The Hall–Kier alpha value is -0.500. The van der Waals surface area contributed by atoms with E-state index in [1.165, 1.54) is 114 Å². The summed E-state index contributed by atoms with van der Waals surface area (Å²) in [7, 11) is 0. The minimum atomic E-state index is -0.885. The lowest BCUT2D eigenvalue weighted by atomic mass is 9.81. The highest BCUT2D eigenvalue weighted by Gasteiger charge is 2.46. The number of aliphatic hydroxyl groups is 1. The average molecular weight is 363 g/mol. The summed E-state index contributed by atoms with van der Waals surface area (Å²) in [5, 5.41) is 11.5. The van der Waals surface area contributed by atoms with Crippen LogP contribution >= 0.6 is 0 Å². The first kappa shape index (κ1) is 20.2. The first-order chi connectivity index (χ1) is 12.8. The largest absolute Gasteiger partial charge is 0.466 e. The van der Waals surface area contributed by atoms with E-state index in [1.54, 1.807) is 0 Å². The maximum Gasteiger partial charge on any atom is 0.214 e. The van der Waals surface area contributed by atoms with Gasteiger partial charge in [0.05, 0.1) is 5.76 Å². The second-order valence-corrected chi connectivity index (χ2v) is 9.14. The van der Waals surface area contributed by atoms with Crippen molar-refractivity contribution in [1.29, 1.82) is 0 Å². The van der Waals surface area contributed by atoms with Gasteiger partial charge in [-0.3, -0.25) is 0 Å². The van der Waals surface area contributed by atoms with Gasteiger partial charge in [0.15, 0.2) is 0 Å². The molecule has 0 radical (unpaired) electrons. The van der Waals surface area contributed by atoms with Crippen LogP contribution in [0.5, 0.6) is 0 Å². The Kier molecular flexibility index (Phi) is 8.36. The van der Waals surface area contributed by atoms with Crippen LogP contribution < -0.4 is 0 Å². The number of hydrogen-bond acceptors (Lipinski definition) is 2. The Labute approximate surface area is 161 Å². The van der Waals surface area contributed by atoms with Crippen molar-refractivity contribution in [1.82, 2.24) is 0 Å². The summed E-state index contributed by atoms with van der Waals surface area (Å²) in [6, 6.07) is 0. The standard InChI is InChI=1S/C24H42O2/c25-24-20-16-12-8-4-3-6-10-14-18-22(24)21-17-13-9-5-1-2-7-11-15-19-23(21)26-24/h22,25H,1-20H2. The predicted molar refractivity (Wildman–Crippen MR) is 109 cm³/mol. The van der Waals surface area contributed by atoms with E-state index >= 15 is 0 Å². The van der Waals surface area contributed by atoms with Crippen molar-refractivity contribution in [2.75, 3.05) is 0 Å². The molecule has 2 nitrogen and oxygen atoms in total. The van der Waals surface area contributed by atoms with Crippen molar-refractivity contribution in [3.8, 4) is 0 Å². The van der Waals surface area contributed by atoms with Crippen LogP contribution in [0.2, 0.25) is 0 Å². The van der Waals surface area contributed by atoms with Crippen molar-refractivity contribution in [2.24, 2.45) is 5.92 Å². The summed E-state index contributed by atoms with van der Waals surface area (Å²) < 4.78 is 6.40. The zero-order valence-electron chi connectivity index (χ0n) is 17.1. The van der Waals surface area contributed by atoms with Gasteiger partial charge in [0.1, 0.15) is 0 Å². The number of rotatable bonds is 0. The fourth-order valence-corrected chi connectivity index (χ4v) is 5.42. The van der Waals surface area contributed by atoms with Crippen molar-refractivity contribution in [3.63, 3.8) is 0 Å². The molecule has 1 heterocycles. The van der Waals surface area contributed by atoms with Crippen LogP contribution in [-0.4, -0.2) is 10.9 Å². The molecule has 0 aromatic rings. The third-order valence-electron chi connectivity index (χ3n) is 7.00. The van der Waals surface area contributed by atoms with E-state index in [0.717, 1.165) is 25.7 Å². The molecule has 2 heteroatoms. The van der Waals surface area contributed by atoms with Gasteiger partial charge in [0.25, 0.3) is 0 Å². The molecule has 1 N–H and O–H groups in total. The van der Waals surface area contributed by atoms with Crippen molar-refractivity contribution < 1.29 is 9.84 Å². The normalized spacial score (nSPS) is 33.5. The third kappa shape index (κ3) is 5.75. The topological polar surface area (TPSA) is 29.5 Å². The number of fused-ring (bicyclic) bond motifs is 2. The number of ether oxygens (including phenoxy) is 1. The molecule has 0 spiro atoms. The minimum absolute atomic E-state index is 0.278. The van der Waals surface area contributed by atoms with Crippen LogP contribution in [0.3, 0.4) is 0 Å². The molecule has 3 aliphatic rings. The summed E-state index contributed by atoms with van der Waals surface area (Å²) in [5.41, 5.74) is 1.52. The van der Waals surface area contributed by atoms with Gasteiger partial charge < -0.3 is 9.84 Å². The van der Waals surface area contributed by atoms with Crippen molar-refractivity contribution in [2.45, 2.75) is 134 Å².